The average Bonchev–Trinajstić information content (AvgIpc) is 2.66. The van der Waals surface area contributed by atoms with Gasteiger partial charge >= 0.3 is 6.36 Å². The Hall–Kier alpha value is -2.03. The first-order chi connectivity index (χ1) is 13.4. The number of rotatable bonds is 9. The molecule has 154 valence electrons. The average molecular weight is 397 g/mol. The van der Waals surface area contributed by atoms with Crippen LogP contribution in [0.25, 0.3) is 0 Å². The Balaban J connectivity index is 1.58. The van der Waals surface area contributed by atoms with Crippen LogP contribution in [0, 0.1) is 23.2 Å². The Morgan fingerprint density at radius 3 is 2.21 bits per heavy atom. The maximum Gasteiger partial charge on any atom is 0.573 e. The Labute approximate surface area is 164 Å². The summed E-state index contributed by atoms with van der Waals surface area (Å²) >= 11 is 0. The molecule has 1 aliphatic rings. The molecule has 1 aromatic rings. The van der Waals surface area contributed by atoms with Gasteiger partial charge in [0.05, 0.1) is 0 Å². The van der Waals surface area contributed by atoms with Crippen LogP contribution in [0.5, 0.6) is 5.75 Å². The minimum Gasteiger partial charge on any atom is -0.406 e. The molecule has 1 fully saturated rings. The minimum atomic E-state index is -4.65. The highest BCUT2D eigenvalue weighted by molar-refractivity contribution is 5.27. The number of hydrogen-bond donors (Lipinski definition) is 0. The highest BCUT2D eigenvalue weighted by Crippen LogP contribution is 2.34. The maximum atomic E-state index is 12.8. The van der Waals surface area contributed by atoms with Gasteiger partial charge in [-0.3, -0.25) is 0 Å². The van der Waals surface area contributed by atoms with E-state index in [1.54, 1.807) is 12.1 Å². The van der Waals surface area contributed by atoms with Gasteiger partial charge < -0.3 is 4.74 Å². The number of alkyl halides is 3. The molecule has 0 bridgehead atoms. The Morgan fingerprint density at radius 1 is 1.04 bits per heavy atom. The van der Waals surface area contributed by atoms with Gasteiger partial charge in [0.25, 0.3) is 0 Å². The van der Waals surface area contributed by atoms with Gasteiger partial charge in [0, 0.05) is 0 Å². The van der Waals surface area contributed by atoms with Crippen LogP contribution in [0.4, 0.5) is 17.6 Å². The molecule has 1 aromatic carbocycles. The number of nitrogens with zero attached hydrogens (tertiary/aromatic N) is 1. The van der Waals surface area contributed by atoms with E-state index >= 15 is 0 Å². The van der Waals surface area contributed by atoms with E-state index in [-0.39, 0.29) is 5.75 Å². The molecule has 1 aliphatic carbocycles. The fourth-order valence-electron chi connectivity index (χ4n) is 3.92. The van der Waals surface area contributed by atoms with Crippen molar-refractivity contribution in [2.24, 2.45) is 11.8 Å². The Morgan fingerprint density at radius 2 is 1.64 bits per heavy atom. The molecule has 2 rings (SSSR count). The molecule has 0 radical (unpaired) electrons. The van der Waals surface area contributed by atoms with E-state index in [0.29, 0.717) is 12.3 Å². The second-order valence-electron chi connectivity index (χ2n) is 7.57. The van der Waals surface area contributed by atoms with Gasteiger partial charge in [-0.05, 0) is 61.3 Å². The zero-order chi connectivity index (χ0) is 20.4. The number of aryl methyl sites for hydroxylation is 1. The summed E-state index contributed by atoms with van der Waals surface area (Å²) in [4.78, 5) is 0. The van der Waals surface area contributed by atoms with E-state index in [1.165, 1.54) is 56.4 Å². The first-order valence-corrected chi connectivity index (χ1v) is 9.96. The summed E-state index contributed by atoms with van der Waals surface area (Å²) < 4.78 is 53.1. The number of ether oxygens (including phenoxy) is 1. The number of allylic oxidation sites excluding steroid dienone is 2. The second kappa shape index (κ2) is 11.1. The lowest BCUT2D eigenvalue weighted by Crippen LogP contribution is -2.17. The fraction of sp³-hybridized carbons (Fsp3) is 0.591. The summed E-state index contributed by atoms with van der Waals surface area (Å²) in [6, 6.07) is 7.61. The summed E-state index contributed by atoms with van der Waals surface area (Å²) in [5.41, 5.74) is 1.02. The van der Waals surface area contributed by atoms with Gasteiger partial charge in [0.2, 0.25) is 0 Å². The molecule has 0 heterocycles. The normalized spacial score (nSPS) is 20.6. The van der Waals surface area contributed by atoms with Gasteiger partial charge in [-0.25, -0.2) is 0 Å². The first kappa shape index (κ1) is 22.3. The topological polar surface area (TPSA) is 33.0 Å². The van der Waals surface area contributed by atoms with Crippen LogP contribution >= 0.6 is 0 Å². The molecule has 0 unspecified atom stereocenters. The van der Waals surface area contributed by atoms with Gasteiger partial charge in [-0.1, -0.05) is 50.7 Å². The minimum absolute atomic E-state index is 0.182. The lowest BCUT2D eigenvalue weighted by Gasteiger charge is -2.28. The van der Waals surface area contributed by atoms with Crippen LogP contribution in [0.3, 0.4) is 0 Å². The molecule has 0 spiro atoms. The number of benzene rings is 1. The highest BCUT2D eigenvalue weighted by Gasteiger charge is 2.30. The van der Waals surface area contributed by atoms with Crippen molar-refractivity contribution in [2.75, 3.05) is 0 Å². The molecule has 0 atom stereocenters. The summed E-state index contributed by atoms with van der Waals surface area (Å²) in [5.74, 6) is 0.511. The predicted molar refractivity (Wildman–Crippen MR) is 100 cm³/mol. The fourth-order valence-corrected chi connectivity index (χ4v) is 3.92. The van der Waals surface area contributed by atoms with Gasteiger partial charge in [0.1, 0.15) is 11.8 Å². The smallest absolute Gasteiger partial charge is 0.406 e. The quantitative estimate of drug-likeness (QED) is 0.249. The SMILES string of the molecule is N#CC(F)=CCCC1CCC(CCCCc2ccc(OC(F)(F)F)cc2)CC1. The first-order valence-electron chi connectivity index (χ1n) is 9.96. The van der Waals surface area contributed by atoms with E-state index < -0.39 is 12.2 Å². The molecule has 0 amide bonds. The number of nitriles is 1. The summed E-state index contributed by atoms with van der Waals surface area (Å²) in [6.07, 6.45) is 7.28. The monoisotopic (exact) mass is 397 g/mol. The maximum absolute atomic E-state index is 12.8. The Kier molecular flexibility index (Phi) is 8.82. The summed E-state index contributed by atoms with van der Waals surface area (Å²) in [6.45, 7) is 0. The van der Waals surface area contributed by atoms with Crippen LogP contribution in [0.15, 0.2) is 36.2 Å². The van der Waals surface area contributed by atoms with Crippen molar-refractivity contribution in [1.29, 1.82) is 5.26 Å². The van der Waals surface area contributed by atoms with Crippen LogP contribution < -0.4 is 4.74 Å². The lowest BCUT2D eigenvalue weighted by molar-refractivity contribution is -0.274. The summed E-state index contributed by atoms with van der Waals surface area (Å²) in [7, 11) is 0. The third-order valence-corrected chi connectivity index (χ3v) is 5.46. The Bertz CT molecular complexity index is 653. The van der Waals surface area contributed by atoms with Crippen molar-refractivity contribution >= 4 is 0 Å². The van der Waals surface area contributed by atoms with E-state index in [0.717, 1.165) is 37.2 Å². The molecule has 1 saturated carbocycles. The zero-order valence-corrected chi connectivity index (χ0v) is 16.0. The van der Waals surface area contributed by atoms with Crippen LogP contribution in [0.1, 0.15) is 63.4 Å². The summed E-state index contributed by atoms with van der Waals surface area (Å²) in [5, 5.41) is 8.39. The van der Waals surface area contributed by atoms with Crippen molar-refractivity contribution in [3.8, 4) is 11.8 Å². The third kappa shape index (κ3) is 8.77. The molecule has 0 N–H and O–H groups in total. The van der Waals surface area contributed by atoms with Crippen molar-refractivity contribution in [3.63, 3.8) is 0 Å². The van der Waals surface area contributed by atoms with Crippen molar-refractivity contribution in [3.05, 3.63) is 41.7 Å². The largest absolute Gasteiger partial charge is 0.573 e. The number of unbranched alkanes of at least 4 members (excludes halogenated alkanes) is 1. The van der Waals surface area contributed by atoms with Crippen molar-refractivity contribution < 1.29 is 22.3 Å². The molecule has 0 aliphatic heterocycles. The molecule has 28 heavy (non-hydrogen) atoms. The molecule has 0 aromatic heterocycles. The van der Waals surface area contributed by atoms with Crippen molar-refractivity contribution in [2.45, 2.75) is 70.6 Å². The van der Waals surface area contributed by atoms with Crippen molar-refractivity contribution in [1.82, 2.24) is 0 Å². The lowest BCUT2D eigenvalue weighted by atomic mass is 9.78. The van der Waals surface area contributed by atoms with Crippen LogP contribution in [-0.2, 0) is 6.42 Å². The number of hydrogen-bond acceptors (Lipinski definition) is 2. The molecular formula is C22H27F4NO. The van der Waals surface area contributed by atoms with Crippen LogP contribution in [0.2, 0.25) is 0 Å². The van der Waals surface area contributed by atoms with E-state index in [9.17, 15) is 17.6 Å². The standard InChI is InChI=1S/C22H27F4NO/c23-20(16-27)7-3-6-19-10-8-17(9-11-19)4-1-2-5-18-12-14-21(15-13-18)28-22(24,25)26/h7,12-15,17,19H,1-6,8-11H2. The molecule has 6 heteroatoms. The van der Waals surface area contributed by atoms with Gasteiger partial charge in [-0.2, -0.15) is 9.65 Å². The third-order valence-electron chi connectivity index (χ3n) is 5.46. The van der Waals surface area contributed by atoms with Crippen LogP contribution in [-0.4, -0.2) is 6.36 Å². The predicted octanol–water partition coefficient (Wildman–Crippen LogP) is 7.26. The molecular weight excluding hydrogens is 370 g/mol. The zero-order valence-electron chi connectivity index (χ0n) is 16.0. The van der Waals surface area contributed by atoms with Gasteiger partial charge in [-0.15, -0.1) is 13.2 Å². The highest BCUT2D eigenvalue weighted by atomic mass is 19.4. The molecule has 2 nitrogen and oxygen atoms in total. The van der Waals surface area contributed by atoms with Gasteiger partial charge in [0.15, 0.2) is 5.83 Å². The van der Waals surface area contributed by atoms with E-state index in [1.807, 2.05) is 0 Å². The molecule has 0 saturated heterocycles. The van der Waals surface area contributed by atoms with E-state index in [2.05, 4.69) is 4.74 Å². The number of halogens is 4. The second-order valence-corrected chi connectivity index (χ2v) is 7.57. The van der Waals surface area contributed by atoms with E-state index in [4.69, 9.17) is 5.26 Å².